The summed E-state index contributed by atoms with van der Waals surface area (Å²) >= 11 is 0. The molecule has 0 radical (unpaired) electrons. The molecule has 0 fully saturated rings. The van der Waals surface area contributed by atoms with Crippen LogP contribution in [0.3, 0.4) is 0 Å². The lowest BCUT2D eigenvalue weighted by atomic mass is 10.1. The smallest absolute Gasteiger partial charge is 0.294 e. The van der Waals surface area contributed by atoms with E-state index < -0.39 is 10.1 Å². The Morgan fingerprint density at radius 2 is 1.96 bits per heavy atom. The Morgan fingerprint density at radius 1 is 1.13 bits per heavy atom. The minimum atomic E-state index is -4.37. The van der Waals surface area contributed by atoms with Gasteiger partial charge in [-0.3, -0.25) is 9.54 Å². The zero-order valence-corrected chi connectivity index (χ0v) is 12.8. The third-order valence-electron chi connectivity index (χ3n) is 3.42. The van der Waals surface area contributed by atoms with Crippen LogP contribution in [0.25, 0.3) is 10.8 Å². The maximum atomic E-state index is 11.2. The molecule has 6 nitrogen and oxygen atoms in total. The lowest BCUT2D eigenvalue weighted by molar-refractivity contribution is 0.471. The van der Waals surface area contributed by atoms with Crippen LogP contribution in [0, 0.1) is 0 Å². The fraction of sp³-hybridized carbons (Fsp3) is 0.0625. The summed E-state index contributed by atoms with van der Waals surface area (Å²) in [7, 11) is -4.37. The number of nitrogens with one attached hydrogen (secondary N) is 1. The molecule has 3 aromatic rings. The van der Waals surface area contributed by atoms with Crippen molar-refractivity contribution in [2.45, 2.75) is 11.4 Å². The van der Waals surface area contributed by atoms with E-state index in [1.165, 1.54) is 6.07 Å². The summed E-state index contributed by atoms with van der Waals surface area (Å²) in [4.78, 5) is 3.69. The number of pyridine rings is 1. The van der Waals surface area contributed by atoms with Gasteiger partial charge in [-0.1, -0.05) is 6.07 Å². The van der Waals surface area contributed by atoms with Gasteiger partial charge in [0.15, 0.2) is 0 Å². The maximum Gasteiger partial charge on any atom is 0.294 e. The zero-order valence-electron chi connectivity index (χ0n) is 12.0. The standard InChI is InChI=1S/C16H14N2O4S/c19-16-8-14(23(20,21)22)7-12-6-13(3-4-15(12)16)18-10-11-2-1-5-17-9-11/h1-9,18-19H,10H2,(H,20,21,22). The van der Waals surface area contributed by atoms with Crippen molar-refractivity contribution in [1.29, 1.82) is 0 Å². The molecule has 1 heterocycles. The Kier molecular flexibility index (Phi) is 3.89. The Balaban J connectivity index is 1.94. The molecule has 0 saturated carbocycles. The lowest BCUT2D eigenvalue weighted by Gasteiger charge is -2.09. The monoisotopic (exact) mass is 330 g/mol. The van der Waals surface area contributed by atoms with Crippen LogP contribution in [0.15, 0.2) is 59.8 Å². The molecule has 2 aromatic carbocycles. The van der Waals surface area contributed by atoms with Gasteiger partial charge in [0.2, 0.25) is 0 Å². The van der Waals surface area contributed by atoms with Crippen LogP contribution in [-0.4, -0.2) is 23.1 Å². The molecule has 0 aliphatic rings. The topological polar surface area (TPSA) is 99.5 Å². The second kappa shape index (κ2) is 5.86. The predicted molar refractivity (Wildman–Crippen MR) is 87.0 cm³/mol. The van der Waals surface area contributed by atoms with Crippen LogP contribution in [0.4, 0.5) is 5.69 Å². The minimum absolute atomic E-state index is 0.200. The molecule has 3 rings (SSSR count). The second-order valence-electron chi connectivity index (χ2n) is 5.07. The van der Waals surface area contributed by atoms with Gasteiger partial charge in [0, 0.05) is 36.1 Å². The van der Waals surface area contributed by atoms with Crippen molar-refractivity contribution in [3.63, 3.8) is 0 Å². The molecule has 0 atom stereocenters. The molecule has 1 aromatic heterocycles. The van der Waals surface area contributed by atoms with Crippen molar-refractivity contribution in [3.8, 4) is 5.75 Å². The molecule has 0 aliphatic heterocycles. The van der Waals surface area contributed by atoms with Gasteiger partial charge in [-0.2, -0.15) is 8.42 Å². The fourth-order valence-corrected chi connectivity index (χ4v) is 2.83. The molecule has 0 aliphatic carbocycles. The van der Waals surface area contributed by atoms with Crippen LogP contribution in [0.2, 0.25) is 0 Å². The van der Waals surface area contributed by atoms with E-state index in [-0.39, 0.29) is 10.6 Å². The first kappa shape index (κ1) is 15.3. The summed E-state index contributed by atoms with van der Waals surface area (Å²) in [6.45, 7) is 0.559. The van der Waals surface area contributed by atoms with Crippen molar-refractivity contribution in [2.24, 2.45) is 0 Å². The van der Waals surface area contributed by atoms with Gasteiger partial charge < -0.3 is 10.4 Å². The quantitative estimate of drug-likeness (QED) is 0.636. The Morgan fingerprint density at radius 3 is 2.65 bits per heavy atom. The highest BCUT2D eigenvalue weighted by Gasteiger charge is 2.13. The van der Waals surface area contributed by atoms with E-state index >= 15 is 0 Å². The summed E-state index contributed by atoms with van der Waals surface area (Å²) in [5, 5.41) is 14.1. The number of hydrogen-bond donors (Lipinski definition) is 3. The number of rotatable bonds is 4. The summed E-state index contributed by atoms with van der Waals surface area (Å²) in [5.41, 5.74) is 1.76. The van der Waals surface area contributed by atoms with E-state index in [4.69, 9.17) is 4.55 Å². The Labute approximate surface area is 133 Å². The molecule has 0 unspecified atom stereocenters. The van der Waals surface area contributed by atoms with Crippen molar-refractivity contribution < 1.29 is 18.1 Å². The van der Waals surface area contributed by atoms with Gasteiger partial charge in [0.1, 0.15) is 5.75 Å². The molecule has 0 bridgehead atoms. The van der Waals surface area contributed by atoms with Gasteiger partial charge in [-0.05, 0) is 41.3 Å². The van der Waals surface area contributed by atoms with E-state index in [1.54, 1.807) is 30.6 Å². The SMILES string of the molecule is O=S(=O)(O)c1cc(O)c2ccc(NCc3cccnc3)cc2c1. The van der Waals surface area contributed by atoms with E-state index in [0.717, 1.165) is 17.3 Å². The van der Waals surface area contributed by atoms with E-state index in [1.807, 2.05) is 12.1 Å². The number of phenolic OH excluding ortho intramolecular Hbond substituents is 1. The van der Waals surface area contributed by atoms with E-state index in [2.05, 4.69) is 10.3 Å². The molecule has 23 heavy (non-hydrogen) atoms. The summed E-state index contributed by atoms with van der Waals surface area (Å²) in [6.07, 6.45) is 3.44. The van der Waals surface area contributed by atoms with Crippen LogP contribution in [0.5, 0.6) is 5.75 Å². The van der Waals surface area contributed by atoms with Gasteiger partial charge in [-0.15, -0.1) is 0 Å². The zero-order chi connectivity index (χ0) is 16.4. The first-order valence-electron chi connectivity index (χ1n) is 6.80. The fourth-order valence-electron chi connectivity index (χ4n) is 2.29. The number of fused-ring (bicyclic) bond motifs is 1. The Bertz CT molecular complexity index is 956. The molecule has 7 heteroatoms. The maximum absolute atomic E-state index is 11.2. The van der Waals surface area contributed by atoms with Gasteiger partial charge in [0.05, 0.1) is 4.90 Å². The van der Waals surface area contributed by atoms with Crippen molar-refractivity contribution in [2.75, 3.05) is 5.32 Å². The number of benzene rings is 2. The number of nitrogens with zero attached hydrogens (tertiary/aromatic N) is 1. The normalized spacial score (nSPS) is 11.5. The minimum Gasteiger partial charge on any atom is -0.507 e. The average Bonchev–Trinajstić information content (AvgIpc) is 2.52. The summed E-state index contributed by atoms with van der Waals surface area (Å²) < 4.78 is 31.6. The molecule has 0 amide bonds. The van der Waals surface area contributed by atoms with E-state index in [0.29, 0.717) is 17.3 Å². The number of phenols is 1. The third-order valence-corrected chi connectivity index (χ3v) is 4.25. The molecule has 3 N–H and O–H groups in total. The third kappa shape index (κ3) is 3.41. The van der Waals surface area contributed by atoms with Crippen molar-refractivity contribution >= 4 is 26.6 Å². The summed E-state index contributed by atoms with van der Waals surface area (Å²) in [6, 6.07) is 11.3. The Hall–Kier alpha value is -2.64. The summed E-state index contributed by atoms with van der Waals surface area (Å²) in [5.74, 6) is -0.200. The van der Waals surface area contributed by atoms with E-state index in [9.17, 15) is 13.5 Å². The van der Waals surface area contributed by atoms with Gasteiger partial charge in [0.25, 0.3) is 10.1 Å². The average molecular weight is 330 g/mol. The van der Waals surface area contributed by atoms with Crippen LogP contribution in [0.1, 0.15) is 5.56 Å². The molecule has 118 valence electrons. The van der Waals surface area contributed by atoms with Crippen LogP contribution in [-0.2, 0) is 16.7 Å². The van der Waals surface area contributed by atoms with Gasteiger partial charge >= 0.3 is 0 Å². The van der Waals surface area contributed by atoms with Crippen LogP contribution >= 0.6 is 0 Å². The predicted octanol–water partition coefficient (Wildman–Crippen LogP) is 2.80. The number of aromatic nitrogens is 1. The second-order valence-corrected chi connectivity index (χ2v) is 6.49. The van der Waals surface area contributed by atoms with Crippen molar-refractivity contribution in [1.82, 2.24) is 4.98 Å². The van der Waals surface area contributed by atoms with Crippen LogP contribution < -0.4 is 5.32 Å². The molecule has 0 saturated heterocycles. The van der Waals surface area contributed by atoms with Gasteiger partial charge in [-0.25, -0.2) is 0 Å². The molecular weight excluding hydrogens is 316 g/mol. The van der Waals surface area contributed by atoms with Crippen molar-refractivity contribution in [3.05, 3.63) is 60.4 Å². The highest BCUT2D eigenvalue weighted by Crippen LogP contribution is 2.30. The highest BCUT2D eigenvalue weighted by molar-refractivity contribution is 7.85. The number of aromatic hydroxyl groups is 1. The largest absolute Gasteiger partial charge is 0.507 e. The lowest BCUT2D eigenvalue weighted by Crippen LogP contribution is -2.00. The first-order valence-corrected chi connectivity index (χ1v) is 8.24. The number of anilines is 1. The molecular formula is C16H14N2O4S. The number of hydrogen-bond acceptors (Lipinski definition) is 5. The highest BCUT2D eigenvalue weighted by atomic mass is 32.2. The first-order chi connectivity index (χ1) is 10.9. The molecule has 0 spiro atoms.